The Hall–Kier alpha value is -1.29. The monoisotopic (exact) mass is 140 g/mol. The zero-order valence-electron chi connectivity index (χ0n) is 5.96. The molecule has 0 aromatic carbocycles. The van der Waals surface area contributed by atoms with Crippen LogP contribution in [0.1, 0.15) is 5.56 Å². The van der Waals surface area contributed by atoms with Gasteiger partial charge in [0.15, 0.2) is 0 Å². The molecule has 0 fully saturated rings. The summed E-state index contributed by atoms with van der Waals surface area (Å²) in [6, 6.07) is 3.51. The van der Waals surface area contributed by atoms with Gasteiger partial charge in [-0.2, -0.15) is 0 Å². The first-order chi connectivity index (χ1) is 4.20. The summed E-state index contributed by atoms with van der Waals surface area (Å²) in [5.74, 6) is 5.35. The van der Waals surface area contributed by atoms with Crippen LogP contribution in [0.2, 0.25) is 0 Å². The van der Waals surface area contributed by atoms with Crippen LogP contribution in [0, 0.1) is 12.3 Å². The van der Waals surface area contributed by atoms with E-state index < -0.39 is 0 Å². The molecule has 0 aliphatic rings. The molecule has 0 aliphatic heterocycles. The Morgan fingerprint density at radius 2 is 2.10 bits per heavy atom. The molecule has 0 spiro atoms. The molecular weight excluding hydrogens is 128 g/mol. The second-order valence-corrected chi connectivity index (χ2v) is 2.00. The van der Waals surface area contributed by atoms with E-state index in [2.05, 4.69) is 0 Å². The molecule has 0 saturated heterocycles. The quantitative estimate of drug-likeness (QED) is 0.448. The molecule has 1 heterocycles. The number of nitrogen functional groups attached to an aromatic ring is 1. The molecule has 4 nitrogen and oxygen atoms in total. The Balaban J connectivity index is 0.000000810. The maximum atomic E-state index is 7.15. The normalized spacial score (nSPS) is 8.50. The van der Waals surface area contributed by atoms with Gasteiger partial charge in [-0.3, -0.25) is 10.1 Å². The first-order valence-corrected chi connectivity index (χ1v) is 2.69. The van der Waals surface area contributed by atoms with E-state index in [1.807, 2.05) is 13.0 Å². The Morgan fingerprint density at radius 1 is 1.50 bits per heavy atom. The maximum absolute atomic E-state index is 7.15. The molecule has 0 aliphatic carbocycles. The van der Waals surface area contributed by atoms with E-state index in [1.165, 1.54) is 4.68 Å². The Morgan fingerprint density at radius 3 is 2.50 bits per heavy atom. The van der Waals surface area contributed by atoms with E-state index in [0.717, 1.165) is 5.56 Å². The van der Waals surface area contributed by atoms with Crippen LogP contribution in [0.25, 0.3) is 0 Å². The number of nitrogens with one attached hydrogen (secondary N) is 1. The zero-order chi connectivity index (χ0) is 6.85. The van der Waals surface area contributed by atoms with Crippen molar-refractivity contribution >= 4 is 0 Å². The highest BCUT2D eigenvalue weighted by Crippen LogP contribution is 1.86. The van der Waals surface area contributed by atoms with E-state index in [4.69, 9.17) is 11.3 Å². The molecular formula is C6H12N4. The Kier molecular flexibility index (Phi) is 2.64. The molecule has 0 saturated carbocycles. The van der Waals surface area contributed by atoms with E-state index in [1.54, 1.807) is 12.3 Å². The van der Waals surface area contributed by atoms with Crippen LogP contribution in [-0.2, 0) is 0 Å². The second kappa shape index (κ2) is 3.03. The summed E-state index contributed by atoms with van der Waals surface area (Å²) < 4.78 is 1.29. The van der Waals surface area contributed by atoms with Gasteiger partial charge < -0.3 is 12.0 Å². The lowest BCUT2D eigenvalue weighted by Gasteiger charge is -1.97. The standard InChI is InChI=1S/C6H9N3.H3N/c1-5-2-3-6(7)9(8)4-5;/h2-4,7H,8H2,1H3;1H3. The average molecular weight is 140 g/mol. The van der Waals surface area contributed by atoms with Crippen molar-refractivity contribution in [3.63, 3.8) is 0 Å². The fraction of sp³-hybridized carbons (Fsp3) is 0.167. The predicted molar refractivity (Wildman–Crippen MR) is 40.2 cm³/mol. The van der Waals surface area contributed by atoms with Crippen LogP contribution in [-0.4, -0.2) is 4.68 Å². The van der Waals surface area contributed by atoms with Crippen molar-refractivity contribution in [3.8, 4) is 0 Å². The molecule has 0 unspecified atom stereocenters. The molecule has 0 amide bonds. The SMILES string of the molecule is Cc1ccc(=N)n(N)c1.N. The lowest BCUT2D eigenvalue weighted by Crippen LogP contribution is -2.25. The molecule has 10 heavy (non-hydrogen) atoms. The highest BCUT2D eigenvalue weighted by molar-refractivity contribution is 5.05. The Labute approximate surface area is 59.4 Å². The highest BCUT2D eigenvalue weighted by atomic mass is 15.3. The molecule has 0 atom stereocenters. The summed E-state index contributed by atoms with van der Waals surface area (Å²) in [4.78, 5) is 0. The number of pyridine rings is 1. The van der Waals surface area contributed by atoms with Gasteiger partial charge in [-0.1, -0.05) is 6.07 Å². The van der Waals surface area contributed by atoms with Crippen LogP contribution in [0.3, 0.4) is 0 Å². The van der Waals surface area contributed by atoms with Crippen LogP contribution >= 0.6 is 0 Å². The van der Waals surface area contributed by atoms with Gasteiger partial charge in [-0.05, 0) is 18.6 Å². The average Bonchev–Trinajstić information content (AvgIpc) is 1.80. The first kappa shape index (κ1) is 8.71. The van der Waals surface area contributed by atoms with E-state index >= 15 is 0 Å². The van der Waals surface area contributed by atoms with Crippen LogP contribution in [0.5, 0.6) is 0 Å². The summed E-state index contributed by atoms with van der Waals surface area (Å²) in [6.45, 7) is 1.93. The summed E-state index contributed by atoms with van der Waals surface area (Å²) >= 11 is 0. The summed E-state index contributed by atoms with van der Waals surface area (Å²) in [6.07, 6.45) is 1.71. The molecule has 1 rings (SSSR count). The lowest BCUT2D eigenvalue weighted by molar-refractivity contribution is 0.872. The smallest absolute Gasteiger partial charge is 0.143 e. The summed E-state index contributed by atoms with van der Waals surface area (Å²) in [7, 11) is 0. The number of hydrogen-bond acceptors (Lipinski definition) is 3. The van der Waals surface area contributed by atoms with Gasteiger partial charge in [0.2, 0.25) is 0 Å². The minimum absolute atomic E-state index is 0. The molecule has 1 aromatic rings. The van der Waals surface area contributed by atoms with Gasteiger partial charge in [-0.15, -0.1) is 0 Å². The summed E-state index contributed by atoms with van der Waals surface area (Å²) in [5, 5.41) is 7.15. The van der Waals surface area contributed by atoms with Gasteiger partial charge in [0.25, 0.3) is 0 Å². The topological polar surface area (TPSA) is 89.8 Å². The van der Waals surface area contributed by atoms with E-state index in [-0.39, 0.29) is 6.15 Å². The maximum Gasteiger partial charge on any atom is 0.143 e. The third-order valence-corrected chi connectivity index (χ3v) is 1.12. The molecule has 56 valence electrons. The highest BCUT2D eigenvalue weighted by Gasteiger charge is 1.83. The van der Waals surface area contributed by atoms with Gasteiger partial charge in [0.05, 0.1) is 0 Å². The first-order valence-electron chi connectivity index (χ1n) is 2.69. The van der Waals surface area contributed by atoms with Crippen molar-refractivity contribution in [1.82, 2.24) is 10.8 Å². The van der Waals surface area contributed by atoms with Gasteiger partial charge in [0.1, 0.15) is 5.49 Å². The fourth-order valence-electron chi connectivity index (χ4n) is 0.628. The minimum Gasteiger partial charge on any atom is -0.344 e. The number of aryl methyl sites for hydroxylation is 1. The van der Waals surface area contributed by atoms with Crippen LogP contribution < -0.4 is 17.5 Å². The van der Waals surface area contributed by atoms with Crippen LogP contribution in [0.4, 0.5) is 0 Å². The molecule has 1 aromatic heterocycles. The number of nitrogens with two attached hydrogens (primary N) is 1. The number of aromatic nitrogens is 1. The van der Waals surface area contributed by atoms with Crippen molar-refractivity contribution in [2.75, 3.05) is 5.84 Å². The van der Waals surface area contributed by atoms with Gasteiger partial charge in [0, 0.05) is 6.20 Å². The van der Waals surface area contributed by atoms with Crippen molar-refractivity contribution < 1.29 is 0 Å². The zero-order valence-corrected chi connectivity index (χ0v) is 5.96. The molecule has 4 heteroatoms. The fourth-order valence-corrected chi connectivity index (χ4v) is 0.628. The van der Waals surface area contributed by atoms with Gasteiger partial charge in [-0.25, -0.2) is 0 Å². The number of hydrogen-bond donors (Lipinski definition) is 3. The number of rotatable bonds is 0. The third kappa shape index (κ3) is 1.60. The Bertz CT molecular complexity index is 263. The molecule has 6 N–H and O–H groups in total. The molecule has 0 radical (unpaired) electrons. The van der Waals surface area contributed by atoms with Crippen LogP contribution in [0.15, 0.2) is 18.3 Å². The van der Waals surface area contributed by atoms with Gasteiger partial charge >= 0.3 is 0 Å². The predicted octanol–water partition coefficient (Wildman–Crippen LogP) is 0.152. The van der Waals surface area contributed by atoms with Crippen molar-refractivity contribution in [2.45, 2.75) is 6.92 Å². The summed E-state index contributed by atoms with van der Waals surface area (Å²) in [5.41, 5.74) is 1.38. The lowest BCUT2D eigenvalue weighted by atomic mass is 10.3. The minimum atomic E-state index is 0. The van der Waals surface area contributed by atoms with E-state index in [0.29, 0.717) is 5.49 Å². The van der Waals surface area contributed by atoms with Crippen molar-refractivity contribution in [1.29, 1.82) is 5.41 Å². The largest absolute Gasteiger partial charge is 0.344 e. The second-order valence-electron chi connectivity index (χ2n) is 2.00. The van der Waals surface area contributed by atoms with E-state index in [9.17, 15) is 0 Å². The third-order valence-electron chi connectivity index (χ3n) is 1.12. The molecule has 0 bridgehead atoms. The number of nitrogens with zero attached hydrogens (tertiary/aromatic N) is 1. The van der Waals surface area contributed by atoms with Crippen molar-refractivity contribution in [2.24, 2.45) is 0 Å². The van der Waals surface area contributed by atoms with Crippen molar-refractivity contribution in [3.05, 3.63) is 29.4 Å².